The minimum atomic E-state index is -3.45. The summed E-state index contributed by atoms with van der Waals surface area (Å²) in [5.74, 6) is 1.61. The number of piperidine rings is 1. The number of halogens is 1. The smallest absolute Gasteiger partial charge is 0.244 e. The van der Waals surface area contributed by atoms with Gasteiger partial charge in [-0.3, -0.25) is 0 Å². The molecule has 140 valence electrons. The molecule has 0 radical (unpaired) electrons. The zero-order valence-electron chi connectivity index (χ0n) is 14.8. The van der Waals surface area contributed by atoms with Gasteiger partial charge in [-0.1, -0.05) is 11.6 Å². The molecule has 0 N–H and O–H groups in total. The number of aromatic nitrogens is 1. The topological polar surface area (TPSA) is 62.7 Å². The number of hydrogen-bond donors (Lipinski definition) is 0. The van der Waals surface area contributed by atoms with E-state index in [9.17, 15) is 8.42 Å². The lowest BCUT2D eigenvalue weighted by molar-refractivity contribution is 0.170. The third-order valence-electron chi connectivity index (χ3n) is 4.38. The van der Waals surface area contributed by atoms with Crippen LogP contribution in [0.1, 0.15) is 12.8 Å². The van der Waals surface area contributed by atoms with Crippen LogP contribution in [0.3, 0.4) is 0 Å². The Morgan fingerprint density at radius 1 is 1.12 bits per heavy atom. The minimum absolute atomic E-state index is 0.154. The Morgan fingerprint density at radius 3 is 2.31 bits per heavy atom. The first-order valence-electron chi connectivity index (χ1n) is 8.42. The number of benzene rings is 1. The van der Waals surface area contributed by atoms with E-state index in [1.54, 1.807) is 12.1 Å². The molecule has 0 saturated carbocycles. The van der Waals surface area contributed by atoms with Gasteiger partial charge in [0.05, 0.1) is 0 Å². The average molecular weight is 396 g/mol. The highest BCUT2D eigenvalue weighted by Gasteiger charge is 2.23. The van der Waals surface area contributed by atoms with E-state index in [0.29, 0.717) is 5.02 Å². The molecule has 1 aliphatic rings. The van der Waals surface area contributed by atoms with Crippen LogP contribution in [0.2, 0.25) is 5.02 Å². The molecular formula is C18H22ClN3O3S. The first kappa shape index (κ1) is 18.9. The van der Waals surface area contributed by atoms with Crippen molar-refractivity contribution in [2.24, 2.45) is 0 Å². The van der Waals surface area contributed by atoms with Crippen LogP contribution in [0, 0.1) is 0 Å². The summed E-state index contributed by atoms with van der Waals surface area (Å²) < 4.78 is 31.4. The van der Waals surface area contributed by atoms with Gasteiger partial charge in [0.2, 0.25) is 10.0 Å². The van der Waals surface area contributed by atoms with Crippen LogP contribution in [0.15, 0.2) is 47.5 Å². The van der Waals surface area contributed by atoms with E-state index in [4.69, 9.17) is 16.3 Å². The first-order chi connectivity index (χ1) is 12.4. The second-order valence-electron chi connectivity index (χ2n) is 6.40. The van der Waals surface area contributed by atoms with Crippen LogP contribution in [0.4, 0.5) is 5.82 Å². The molecule has 0 atom stereocenters. The zero-order chi connectivity index (χ0) is 18.7. The van der Waals surface area contributed by atoms with Gasteiger partial charge in [0, 0.05) is 51.2 Å². The molecule has 2 aromatic rings. The largest absolute Gasteiger partial charge is 0.490 e. The molecule has 0 spiro atoms. The number of sulfonamides is 1. The van der Waals surface area contributed by atoms with Crippen molar-refractivity contribution in [1.29, 1.82) is 0 Å². The van der Waals surface area contributed by atoms with Gasteiger partial charge in [0.1, 0.15) is 22.6 Å². The fourth-order valence-electron chi connectivity index (χ4n) is 2.83. The summed E-state index contributed by atoms with van der Waals surface area (Å²) in [7, 11) is -0.431. The van der Waals surface area contributed by atoms with E-state index in [0.717, 1.165) is 37.5 Å². The lowest BCUT2D eigenvalue weighted by atomic mass is 10.1. The second-order valence-corrected chi connectivity index (χ2v) is 8.99. The van der Waals surface area contributed by atoms with Gasteiger partial charge in [0.15, 0.2) is 0 Å². The highest BCUT2D eigenvalue weighted by atomic mass is 35.5. The SMILES string of the molecule is CN(C)S(=O)(=O)c1ccc(N2CCC(Oc3ccc(Cl)cc3)CC2)nc1. The van der Waals surface area contributed by atoms with E-state index in [1.165, 1.54) is 24.6 Å². The third kappa shape index (κ3) is 4.28. The van der Waals surface area contributed by atoms with E-state index < -0.39 is 10.0 Å². The molecule has 1 aliphatic heterocycles. The van der Waals surface area contributed by atoms with E-state index in [1.807, 2.05) is 24.3 Å². The fraction of sp³-hybridized carbons (Fsp3) is 0.389. The molecule has 1 fully saturated rings. The van der Waals surface area contributed by atoms with E-state index in [2.05, 4.69) is 9.88 Å². The molecule has 26 heavy (non-hydrogen) atoms. The summed E-state index contributed by atoms with van der Waals surface area (Å²) in [4.78, 5) is 6.68. The predicted octanol–water partition coefficient (Wildman–Crippen LogP) is 3.03. The Balaban J connectivity index is 1.59. The summed E-state index contributed by atoms with van der Waals surface area (Å²) >= 11 is 5.89. The van der Waals surface area contributed by atoms with E-state index in [-0.39, 0.29) is 11.0 Å². The molecule has 0 unspecified atom stereocenters. The summed E-state index contributed by atoms with van der Waals surface area (Å²) in [6.45, 7) is 1.62. The van der Waals surface area contributed by atoms with Crippen molar-refractivity contribution in [3.63, 3.8) is 0 Å². The lowest BCUT2D eigenvalue weighted by Crippen LogP contribution is -2.38. The Kier molecular flexibility index (Phi) is 5.70. The molecule has 0 amide bonds. The molecule has 8 heteroatoms. The number of pyridine rings is 1. The molecule has 0 aliphatic carbocycles. The Morgan fingerprint density at radius 2 is 1.77 bits per heavy atom. The highest BCUT2D eigenvalue weighted by Crippen LogP contribution is 2.24. The molecular weight excluding hydrogens is 374 g/mol. The molecule has 6 nitrogen and oxygen atoms in total. The standard InChI is InChI=1S/C18H22ClN3O3S/c1-21(2)26(23,24)17-7-8-18(20-13-17)22-11-9-16(10-12-22)25-15-5-3-14(19)4-6-15/h3-8,13,16H,9-12H2,1-2H3. The Hall–Kier alpha value is -1.83. The van der Waals surface area contributed by atoms with Gasteiger partial charge < -0.3 is 9.64 Å². The van der Waals surface area contributed by atoms with Gasteiger partial charge in [-0.2, -0.15) is 0 Å². The number of nitrogens with zero attached hydrogens (tertiary/aromatic N) is 3. The quantitative estimate of drug-likeness (QED) is 0.778. The maximum atomic E-state index is 12.1. The average Bonchev–Trinajstić information content (AvgIpc) is 2.64. The molecule has 0 bridgehead atoms. The third-order valence-corrected chi connectivity index (χ3v) is 6.43. The maximum absolute atomic E-state index is 12.1. The fourth-order valence-corrected chi connectivity index (χ4v) is 3.80. The van der Waals surface area contributed by atoms with Crippen LogP contribution in [-0.4, -0.2) is 51.0 Å². The Bertz CT molecular complexity index is 831. The van der Waals surface area contributed by atoms with Crippen LogP contribution >= 0.6 is 11.6 Å². The number of anilines is 1. The zero-order valence-corrected chi connectivity index (χ0v) is 16.4. The molecule has 1 aromatic carbocycles. The van der Waals surface area contributed by atoms with Crippen LogP contribution in [0.25, 0.3) is 0 Å². The second kappa shape index (κ2) is 7.82. The van der Waals surface area contributed by atoms with Crippen LogP contribution in [-0.2, 0) is 10.0 Å². The van der Waals surface area contributed by atoms with Crippen molar-refractivity contribution in [3.05, 3.63) is 47.6 Å². The number of ether oxygens (including phenoxy) is 1. The van der Waals surface area contributed by atoms with Crippen molar-refractivity contribution in [2.45, 2.75) is 23.8 Å². The molecule has 3 rings (SSSR count). The van der Waals surface area contributed by atoms with Gasteiger partial charge in [0.25, 0.3) is 0 Å². The first-order valence-corrected chi connectivity index (χ1v) is 10.2. The summed E-state index contributed by atoms with van der Waals surface area (Å²) in [6.07, 6.45) is 3.33. The van der Waals surface area contributed by atoms with Gasteiger partial charge in [-0.15, -0.1) is 0 Å². The maximum Gasteiger partial charge on any atom is 0.244 e. The molecule has 1 aromatic heterocycles. The number of rotatable bonds is 5. The predicted molar refractivity (Wildman–Crippen MR) is 102 cm³/mol. The monoisotopic (exact) mass is 395 g/mol. The lowest BCUT2D eigenvalue weighted by Gasteiger charge is -2.33. The molecule has 2 heterocycles. The normalized spacial score (nSPS) is 16.1. The van der Waals surface area contributed by atoms with Crippen molar-refractivity contribution >= 4 is 27.4 Å². The van der Waals surface area contributed by atoms with Crippen molar-refractivity contribution in [2.75, 3.05) is 32.1 Å². The number of hydrogen-bond acceptors (Lipinski definition) is 5. The summed E-state index contributed by atoms with van der Waals surface area (Å²) in [5, 5.41) is 0.693. The van der Waals surface area contributed by atoms with Gasteiger partial charge in [-0.25, -0.2) is 17.7 Å². The summed E-state index contributed by atoms with van der Waals surface area (Å²) in [5.41, 5.74) is 0. The minimum Gasteiger partial charge on any atom is -0.490 e. The van der Waals surface area contributed by atoms with Gasteiger partial charge in [-0.05, 0) is 36.4 Å². The summed E-state index contributed by atoms with van der Waals surface area (Å²) in [6, 6.07) is 10.8. The van der Waals surface area contributed by atoms with Crippen molar-refractivity contribution in [3.8, 4) is 5.75 Å². The van der Waals surface area contributed by atoms with Gasteiger partial charge >= 0.3 is 0 Å². The highest BCUT2D eigenvalue weighted by molar-refractivity contribution is 7.89. The van der Waals surface area contributed by atoms with E-state index >= 15 is 0 Å². The van der Waals surface area contributed by atoms with Crippen LogP contribution < -0.4 is 9.64 Å². The van der Waals surface area contributed by atoms with Crippen LogP contribution in [0.5, 0.6) is 5.75 Å². The molecule has 1 saturated heterocycles. The van der Waals surface area contributed by atoms with Crippen molar-refractivity contribution in [1.82, 2.24) is 9.29 Å². The van der Waals surface area contributed by atoms with Crippen molar-refractivity contribution < 1.29 is 13.2 Å². The Labute approximate surface area is 159 Å².